The zero-order valence-corrected chi connectivity index (χ0v) is 16.0. The van der Waals surface area contributed by atoms with Gasteiger partial charge in [-0.3, -0.25) is 0 Å². The lowest BCUT2D eigenvalue weighted by atomic mass is 10.3. The Morgan fingerprint density at radius 2 is 2.05 bits per heavy atom. The lowest BCUT2D eigenvalue weighted by molar-refractivity contribution is 0.252. The fourth-order valence-electron chi connectivity index (χ4n) is 1.29. The first-order valence-corrected chi connectivity index (χ1v) is 10.0. The number of hydrogen-bond acceptors (Lipinski definition) is 4. The van der Waals surface area contributed by atoms with E-state index in [2.05, 4.69) is 45.6 Å². The van der Waals surface area contributed by atoms with Crippen LogP contribution in [-0.4, -0.2) is 49.6 Å². The molecule has 2 N–H and O–H groups in total. The molecule has 0 saturated carbocycles. The standard InChI is InChI=1S/C13H19BrClN3OS2/c1-18(2)6-8-21-20-7-5-16-13(19)17-10-3-4-11(14)12(15)9-10/h3-4,9H,5-8H2,1-2H3,(H2,16,17,19). The normalized spacial score (nSPS) is 10.7. The molecular weight excluding hydrogens is 394 g/mol. The molecule has 8 heteroatoms. The summed E-state index contributed by atoms with van der Waals surface area (Å²) in [5.74, 6) is 1.97. The molecular formula is C13H19BrClN3OS2. The predicted octanol–water partition coefficient (Wildman–Crippen LogP) is 4.17. The number of nitrogens with zero attached hydrogens (tertiary/aromatic N) is 1. The van der Waals surface area contributed by atoms with Crippen molar-refractivity contribution in [1.29, 1.82) is 0 Å². The summed E-state index contributed by atoms with van der Waals surface area (Å²) < 4.78 is 0.807. The number of urea groups is 1. The maximum atomic E-state index is 11.7. The number of amides is 2. The van der Waals surface area contributed by atoms with Gasteiger partial charge in [0.1, 0.15) is 0 Å². The summed E-state index contributed by atoms with van der Waals surface area (Å²) in [6, 6.07) is 5.08. The number of benzene rings is 1. The van der Waals surface area contributed by atoms with Crippen LogP contribution in [0.1, 0.15) is 0 Å². The first-order chi connectivity index (χ1) is 9.99. The van der Waals surface area contributed by atoms with Crippen LogP contribution in [0.3, 0.4) is 0 Å². The monoisotopic (exact) mass is 411 g/mol. The first-order valence-electron chi connectivity index (χ1n) is 6.38. The smallest absolute Gasteiger partial charge is 0.319 e. The van der Waals surface area contributed by atoms with E-state index in [1.165, 1.54) is 0 Å². The van der Waals surface area contributed by atoms with Crippen molar-refractivity contribution in [3.05, 3.63) is 27.7 Å². The van der Waals surface area contributed by atoms with Gasteiger partial charge in [0.05, 0.1) is 5.02 Å². The van der Waals surface area contributed by atoms with E-state index in [4.69, 9.17) is 11.6 Å². The molecule has 0 spiro atoms. The summed E-state index contributed by atoms with van der Waals surface area (Å²) in [7, 11) is 7.71. The number of hydrogen-bond donors (Lipinski definition) is 2. The summed E-state index contributed by atoms with van der Waals surface area (Å²) in [6.45, 7) is 1.70. The first kappa shape index (κ1) is 19.0. The Bertz CT molecular complexity index is 463. The summed E-state index contributed by atoms with van der Waals surface area (Å²) in [5.41, 5.74) is 0.675. The van der Waals surface area contributed by atoms with E-state index in [0.717, 1.165) is 22.5 Å². The zero-order chi connectivity index (χ0) is 15.7. The fourth-order valence-corrected chi connectivity index (χ4v) is 3.76. The van der Waals surface area contributed by atoms with Gasteiger partial charge in [-0.1, -0.05) is 33.2 Å². The second kappa shape index (κ2) is 10.6. The molecule has 0 aliphatic carbocycles. The lowest BCUT2D eigenvalue weighted by Gasteiger charge is -2.09. The van der Waals surface area contributed by atoms with Crippen molar-refractivity contribution >= 4 is 60.8 Å². The minimum Gasteiger partial charge on any atom is -0.337 e. The lowest BCUT2D eigenvalue weighted by Crippen LogP contribution is -2.30. The van der Waals surface area contributed by atoms with Gasteiger partial charge in [0.2, 0.25) is 0 Å². The van der Waals surface area contributed by atoms with Crippen molar-refractivity contribution in [2.45, 2.75) is 0 Å². The second-order valence-electron chi connectivity index (χ2n) is 4.46. The number of nitrogens with one attached hydrogen (secondary N) is 2. The molecule has 0 atom stereocenters. The molecule has 0 heterocycles. The van der Waals surface area contributed by atoms with E-state index < -0.39 is 0 Å². The van der Waals surface area contributed by atoms with E-state index in [1.807, 2.05) is 10.8 Å². The molecule has 21 heavy (non-hydrogen) atoms. The minimum atomic E-state index is -0.215. The molecule has 1 aromatic rings. The SMILES string of the molecule is CN(C)CCSSCCNC(=O)Nc1ccc(Br)c(Cl)c1. The highest BCUT2D eigenvalue weighted by Crippen LogP contribution is 2.25. The van der Waals surface area contributed by atoms with Crippen LogP contribution in [-0.2, 0) is 0 Å². The van der Waals surface area contributed by atoms with Gasteiger partial charge in [-0.15, -0.1) is 0 Å². The highest BCUT2D eigenvalue weighted by molar-refractivity contribution is 9.10. The average Bonchev–Trinajstić information content (AvgIpc) is 2.41. The maximum Gasteiger partial charge on any atom is 0.319 e. The molecule has 0 fully saturated rings. The van der Waals surface area contributed by atoms with Crippen LogP contribution in [0.4, 0.5) is 10.5 Å². The third kappa shape index (κ3) is 8.83. The Hall–Kier alpha value is -0.0800. The largest absolute Gasteiger partial charge is 0.337 e. The van der Waals surface area contributed by atoms with Crippen LogP contribution < -0.4 is 10.6 Å². The van der Waals surface area contributed by atoms with Crippen molar-refractivity contribution < 1.29 is 4.79 Å². The quantitative estimate of drug-likeness (QED) is 0.497. The Labute approximate surface area is 147 Å². The second-order valence-corrected chi connectivity index (χ2v) is 8.42. The third-order valence-corrected chi connectivity index (χ3v) is 5.97. The molecule has 0 aliphatic heterocycles. The Morgan fingerprint density at radius 1 is 1.33 bits per heavy atom. The van der Waals surface area contributed by atoms with Gasteiger partial charge < -0.3 is 15.5 Å². The number of rotatable bonds is 8. The summed E-state index contributed by atoms with van der Waals surface area (Å²) in [6.07, 6.45) is 0. The van der Waals surface area contributed by atoms with Gasteiger partial charge in [-0.05, 0) is 48.2 Å². The molecule has 0 bridgehead atoms. The van der Waals surface area contributed by atoms with Crippen LogP contribution in [0.2, 0.25) is 5.02 Å². The summed E-state index contributed by atoms with van der Waals surface area (Å²) in [4.78, 5) is 13.8. The van der Waals surface area contributed by atoms with Crippen molar-refractivity contribution in [3.63, 3.8) is 0 Å². The van der Waals surface area contributed by atoms with Crippen molar-refractivity contribution in [1.82, 2.24) is 10.2 Å². The van der Waals surface area contributed by atoms with Crippen molar-refractivity contribution in [3.8, 4) is 0 Å². The van der Waals surface area contributed by atoms with E-state index in [0.29, 0.717) is 17.3 Å². The number of halogens is 2. The van der Waals surface area contributed by atoms with E-state index >= 15 is 0 Å². The molecule has 1 rings (SSSR count). The average molecular weight is 413 g/mol. The maximum absolute atomic E-state index is 11.7. The van der Waals surface area contributed by atoms with Crippen molar-refractivity contribution in [2.75, 3.05) is 44.0 Å². The number of anilines is 1. The number of carbonyl (C=O) groups is 1. The van der Waals surface area contributed by atoms with Crippen LogP contribution in [0.15, 0.2) is 22.7 Å². The number of carbonyl (C=O) groups excluding carboxylic acids is 1. The van der Waals surface area contributed by atoms with Crippen LogP contribution >= 0.6 is 49.1 Å². The molecule has 118 valence electrons. The molecule has 0 saturated heterocycles. The Balaban J connectivity index is 2.12. The van der Waals surface area contributed by atoms with Crippen molar-refractivity contribution in [2.24, 2.45) is 0 Å². The topological polar surface area (TPSA) is 44.4 Å². The Kier molecular flexibility index (Phi) is 9.59. The molecule has 2 amide bonds. The molecule has 4 nitrogen and oxygen atoms in total. The van der Waals surface area contributed by atoms with Gasteiger partial charge in [0, 0.05) is 34.8 Å². The molecule has 0 unspecified atom stereocenters. The molecule has 0 radical (unpaired) electrons. The van der Waals surface area contributed by atoms with E-state index in [9.17, 15) is 4.79 Å². The van der Waals surface area contributed by atoms with Gasteiger partial charge in [0.15, 0.2) is 0 Å². The van der Waals surface area contributed by atoms with Gasteiger partial charge >= 0.3 is 6.03 Å². The molecule has 0 aromatic heterocycles. The highest BCUT2D eigenvalue weighted by atomic mass is 79.9. The van der Waals surface area contributed by atoms with Crippen LogP contribution in [0, 0.1) is 0 Å². The zero-order valence-electron chi connectivity index (χ0n) is 12.0. The molecule has 1 aromatic carbocycles. The van der Waals surface area contributed by atoms with Gasteiger partial charge in [-0.2, -0.15) is 0 Å². The third-order valence-electron chi connectivity index (χ3n) is 2.35. The summed E-state index contributed by atoms with van der Waals surface area (Å²) in [5, 5.41) is 6.13. The van der Waals surface area contributed by atoms with E-state index in [-0.39, 0.29) is 6.03 Å². The highest BCUT2D eigenvalue weighted by Gasteiger charge is 2.03. The minimum absolute atomic E-state index is 0.215. The van der Waals surface area contributed by atoms with Crippen LogP contribution in [0.25, 0.3) is 0 Å². The van der Waals surface area contributed by atoms with E-state index in [1.54, 1.807) is 29.0 Å². The Morgan fingerprint density at radius 3 is 2.71 bits per heavy atom. The fraction of sp³-hybridized carbons (Fsp3) is 0.462. The predicted molar refractivity (Wildman–Crippen MR) is 99.6 cm³/mol. The molecule has 0 aliphatic rings. The van der Waals surface area contributed by atoms with Crippen LogP contribution in [0.5, 0.6) is 0 Å². The summed E-state index contributed by atoms with van der Waals surface area (Å²) >= 11 is 9.27. The van der Waals surface area contributed by atoms with Gasteiger partial charge in [-0.25, -0.2) is 4.79 Å². The van der Waals surface area contributed by atoms with Gasteiger partial charge in [0.25, 0.3) is 0 Å².